The zero-order valence-corrected chi connectivity index (χ0v) is 12.4. The second kappa shape index (κ2) is 7.09. The van der Waals surface area contributed by atoms with Crippen LogP contribution in [0, 0.1) is 5.82 Å². The number of urea groups is 1. The molecule has 0 aliphatic carbocycles. The highest BCUT2D eigenvalue weighted by Crippen LogP contribution is 2.24. The van der Waals surface area contributed by atoms with Crippen LogP contribution in [-0.2, 0) is 4.84 Å². The minimum Gasteiger partial charge on any atom is -0.399 e. The van der Waals surface area contributed by atoms with E-state index in [1.807, 2.05) is 0 Å². The van der Waals surface area contributed by atoms with E-state index in [0.717, 1.165) is 11.1 Å². The maximum absolute atomic E-state index is 13.8. The van der Waals surface area contributed by atoms with Crippen LogP contribution in [0.1, 0.15) is 5.56 Å². The predicted octanol–water partition coefficient (Wildman–Crippen LogP) is 3.45. The van der Waals surface area contributed by atoms with E-state index >= 15 is 0 Å². The Morgan fingerprint density at radius 2 is 2.43 bits per heavy atom. The highest BCUT2D eigenvalue weighted by atomic mass is 35.5. The number of halogens is 2. The van der Waals surface area contributed by atoms with Crippen LogP contribution in [0.3, 0.4) is 0 Å². The maximum atomic E-state index is 13.8. The van der Waals surface area contributed by atoms with Crippen molar-refractivity contribution in [3.63, 3.8) is 0 Å². The molecule has 1 aliphatic heterocycles. The zero-order valence-electron chi connectivity index (χ0n) is 10.8. The number of amides is 2. The minimum absolute atomic E-state index is 0.0382. The molecule has 1 aliphatic rings. The van der Waals surface area contributed by atoms with E-state index in [1.54, 1.807) is 5.41 Å². The van der Waals surface area contributed by atoms with Gasteiger partial charge in [0, 0.05) is 11.8 Å². The van der Waals surface area contributed by atoms with Crippen LogP contribution in [0.25, 0.3) is 0 Å². The first-order valence-electron chi connectivity index (χ1n) is 5.62. The first kappa shape index (κ1) is 15.3. The van der Waals surface area contributed by atoms with Crippen molar-refractivity contribution in [3.8, 4) is 0 Å². The molecule has 0 atom stereocenters. The summed E-state index contributed by atoms with van der Waals surface area (Å²) in [5.74, 6) is -0.665. The van der Waals surface area contributed by atoms with Gasteiger partial charge in [0.15, 0.2) is 0 Å². The van der Waals surface area contributed by atoms with Gasteiger partial charge in [-0.3, -0.25) is 0 Å². The van der Waals surface area contributed by atoms with E-state index in [9.17, 15) is 9.18 Å². The quantitative estimate of drug-likeness (QED) is 0.682. The summed E-state index contributed by atoms with van der Waals surface area (Å²) >= 11 is 7.20. The Hall–Kier alpha value is -2.06. The monoisotopic (exact) mass is 328 g/mol. The van der Waals surface area contributed by atoms with Gasteiger partial charge in [-0.25, -0.2) is 9.18 Å². The molecule has 2 rings (SSSR count). The third-order valence-electron chi connectivity index (χ3n) is 2.35. The number of hydrogen-bond acceptors (Lipinski definition) is 5. The number of nitrogens with one attached hydrogen (secondary N) is 1. The predicted molar refractivity (Wildman–Crippen MR) is 82.1 cm³/mol. The van der Waals surface area contributed by atoms with Gasteiger partial charge < -0.3 is 10.2 Å². The number of thioether (sulfide) groups is 1. The molecular formula is C12H10ClFN4O2S. The summed E-state index contributed by atoms with van der Waals surface area (Å²) in [6, 6.07) is 1.84. The average Bonchev–Trinajstić information content (AvgIpc) is 2.49. The SMILES string of the molecule is CON=Cc1cc(NC(=O)N2C=CSC=N2)c(F)cc1Cl. The number of oxime groups is 1. The third-order valence-corrected chi connectivity index (χ3v) is 3.17. The molecule has 1 heterocycles. The van der Waals surface area contributed by atoms with E-state index in [0.29, 0.717) is 5.56 Å². The Labute approximate surface area is 129 Å². The third kappa shape index (κ3) is 3.96. The second-order valence-electron chi connectivity index (χ2n) is 3.69. The molecule has 110 valence electrons. The van der Waals surface area contributed by atoms with Gasteiger partial charge in [0.2, 0.25) is 0 Å². The lowest BCUT2D eigenvalue weighted by molar-refractivity contribution is 0.215. The van der Waals surface area contributed by atoms with Crippen LogP contribution in [0.2, 0.25) is 5.02 Å². The van der Waals surface area contributed by atoms with Crippen molar-refractivity contribution < 1.29 is 14.0 Å². The average molecular weight is 329 g/mol. The minimum atomic E-state index is -0.665. The number of hydrazone groups is 1. The Balaban J connectivity index is 2.20. The Morgan fingerprint density at radius 3 is 3.10 bits per heavy atom. The number of rotatable bonds is 3. The standard InChI is InChI=1S/C12H10ClFN4O2S/c1-20-16-6-8-4-11(10(14)5-9(8)13)17-12(19)18-2-3-21-7-15-18/h2-7H,1H3,(H,17,19). The van der Waals surface area contributed by atoms with Gasteiger partial charge in [0.05, 0.1) is 22.5 Å². The molecule has 1 N–H and O–H groups in total. The van der Waals surface area contributed by atoms with Crippen molar-refractivity contribution in [1.82, 2.24) is 5.01 Å². The van der Waals surface area contributed by atoms with Crippen LogP contribution in [0.4, 0.5) is 14.9 Å². The lowest BCUT2D eigenvalue weighted by Gasteiger charge is -2.15. The van der Waals surface area contributed by atoms with Crippen LogP contribution >= 0.6 is 23.4 Å². The lowest BCUT2D eigenvalue weighted by atomic mass is 10.2. The Bertz CT molecular complexity index is 624. The lowest BCUT2D eigenvalue weighted by Crippen LogP contribution is -2.27. The smallest absolute Gasteiger partial charge is 0.346 e. The summed E-state index contributed by atoms with van der Waals surface area (Å²) in [6.45, 7) is 0. The summed E-state index contributed by atoms with van der Waals surface area (Å²) in [5.41, 5.74) is 1.85. The molecule has 2 amide bonds. The molecule has 0 saturated carbocycles. The van der Waals surface area contributed by atoms with Crippen molar-refractivity contribution in [2.24, 2.45) is 10.3 Å². The summed E-state index contributed by atoms with van der Waals surface area (Å²) < 4.78 is 13.8. The van der Waals surface area contributed by atoms with E-state index in [4.69, 9.17) is 11.6 Å². The molecule has 0 bridgehead atoms. The fourth-order valence-corrected chi connectivity index (χ4v) is 2.02. The summed E-state index contributed by atoms with van der Waals surface area (Å²) in [4.78, 5) is 16.5. The molecule has 0 radical (unpaired) electrons. The Kier molecular flexibility index (Phi) is 5.18. The fourth-order valence-electron chi connectivity index (χ4n) is 1.41. The largest absolute Gasteiger partial charge is 0.399 e. The van der Waals surface area contributed by atoms with Gasteiger partial charge in [-0.1, -0.05) is 28.5 Å². The molecule has 0 spiro atoms. The molecule has 0 fully saturated rings. The number of hydrogen-bond donors (Lipinski definition) is 1. The van der Waals surface area contributed by atoms with Gasteiger partial charge in [0.25, 0.3) is 0 Å². The summed E-state index contributed by atoms with van der Waals surface area (Å²) in [7, 11) is 1.37. The van der Waals surface area contributed by atoms with Crippen LogP contribution < -0.4 is 5.32 Å². The molecule has 0 saturated heterocycles. The van der Waals surface area contributed by atoms with E-state index in [1.165, 1.54) is 42.9 Å². The van der Waals surface area contributed by atoms with Gasteiger partial charge in [-0.2, -0.15) is 10.1 Å². The van der Waals surface area contributed by atoms with Gasteiger partial charge in [-0.05, 0) is 17.5 Å². The highest BCUT2D eigenvalue weighted by Gasteiger charge is 2.15. The van der Waals surface area contributed by atoms with Gasteiger partial charge >= 0.3 is 6.03 Å². The normalized spacial score (nSPS) is 13.8. The Morgan fingerprint density at radius 1 is 1.62 bits per heavy atom. The van der Waals surface area contributed by atoms with E-state index in [-0.39, 0.29) is 10.7 Å². The van der Waals surface area contributed by atoms with Crippen molar-refractivity contribution in [2.75, 3.05) is 12.4 Å². The molecule has 0 aromatic heterocycles. The number of carbonyl (C=O) groups is 1. The first-order chi connectivity index (χ1) is 10.1. The van der Waals surface area contributed by atoms with Gasteiger partial charge in [-0.15, -0.1) is 0 Å². The molecule has 1 aromatic carbocycles. The molecule has 6 nitrogen and oxygen atoms in total. The topological polar surface area (TPSA) is 66.3 Å². The highest BCUT2D eigenvalue weighted by molar-refractivity contribution is 8.14. The summed E-state index contributed by atoms with van der Waals surface area (Å²) in [5, 5.41) is 12.6. The second-order valence-corrected chi connectivity index (χ2v) is 4.85. The zero-order chi connectivity index (χ0) is 15.2. The van der Waals surface area contributed by atoms with Crippen molar-refractivity contribution in [3.05, 3.63) is 40.1 Å². The number of nitrogens with zero attached hydrogens (tertiary/aromatic N) is 3. The summed E-state index contributed by atoms with van der Waals surface area (Å²) in [6.07, 6.45) is 2.77. The molecule has 9 heteroatoms. The van der Waals surface area contributed by atoms with Gasteiger partial charge in [0.1, 0.15) is 12.9 Å². The molecule has 1 aromatic rings. The van der Waals surface area contributed by atoms with E-state index < -0.39 is 11.8 Å². The maximum Gasteiger partial charge on any atom is 0.346 e. The first-order valence-corrected chi connectivity index (χ1v) is 6.94. The number of anilines is 1. The van der Waals surface area contributed by atoms with Crippen LogP contribution in [0.5, 0.6) is 0 Å². The molecule has 0 unspecified atom stereocenters. The van der Waals surface area contributed by atoms with Crippen molar-refractivity contribution in [2.45, 2.75) is 0 Å². The number of benzene rings is 1. The fraction of sp³-hybridized carbons (Fsp3) is 0.0833. The molecule has 21 heavy (non-hydrogen) atoms. The van der Waals surface area contributed by atoms with Crippen molar-refractivity contribution >= 4 is 46.8 Å². The molecular weight excluding hydrogens is 319 g/mol. The van der Waals surface area contributed by atoms with Crippen molar-refractivity contribution in [1.29, 1.82) is 0 Å². The van der Waals surface area contributed by atoms with E-state index in [2.05, 4.69) is 20.4 Å². The van der Waals surface area contributed by atoms with Crippen LogP contribution in [0.15, 0.2) is 34.0 Å². The number of carbonyl (C=O) groups excluding carboxylic acids is 1. The van der Waals surface area contributed by atoms with Crippen LogP contribution in [-0.4, -0.2) is 29.9 Å².